The van der Waals surface area contributed by atoms with Crippen LogP contribution in [0.3, 0.4) is 0 Å². The van der Waals surface area contributed by atoms with Crippen molar-refractivity contribution >= 4 is 28.9 Å². The highest BCUT2D eigenvalue weighted by Crippen LogP contribution is 2.34. The number of rotatable bonds is 0. The Hall–Kier alpha value is -1.22. The van der Waals surface area contributed by atoms with Crippen LogP contribution in [0.1, 0.15) is 6.92 Å². The van der Waals surface area contributed by atoms with Gasteiger partial charge in [-0.1, -0.05) is 24.6 Å². The number of hydrogen-bond acceptors (Lipinski definition) is 2. The Morgan fingerprint density at radius 1 is 1.53 bits per heavy atom. The van der Waals surface area contributed by atoms with Crippen LogP contribution < -0.4 is 10.2 Å². The Bertz CT molecular complexity index is 406. The SMILES string of the molecule is CC1CNc2c(Cl)cccc2N(C)C1=O. The van der Waals surface area contributed by atoms with Gasteiger partial charge in [0.1, 0.15) is 0 Å². The number of carbonyl (C=O) groups is 1. The van der Waals surface area contributed by atoms with Gasteiger partial charge in [-0.3, -0.25) is 4.79 Å². The zero-order valence-corrected chi connectivity index (χ0v) is 9.51. The number of halogens is 1. The molecule has 1 aromatic carbocycles. The van der Waals surface area contributed by atoms with Crippen LogP contribution in [-0.2, 0) is 4.79 Å². The topological polar surface area (TPSA) is 32.3 Å². The van der Waals surface area contributed by atoms with Crippen LogP contribution >= 0.6 is 11.6 Å². The molecule has 0 spiro atoms. The van der Waals surface area contributed by atoms with Crippen molar-refractivity contribution in [2.24, 2.45) is 5.92 Å². The number of amides is 1. The van der Waals surface area contributed by atoms with E-state index in [2.05, 4.69) is 5.32 Å². The number of hydrogen-bond donors (Lipinski definition) is 1. The molecule has 0 saturated carbocycles. The van der Waals surface area contributed by atoms with E-state index < -0.39 is 0 Å². The Kier molecular flexibility index (Phi) is 2.57. The molecule has 1 heterocycles. The van der Waals surface area contributed by atoms with Gasteiger partial charge in [0.05, 0.1) is 22.3 Å². The molecule has 0 radical (unpaired) electrons. The Morgan fingerprint density at radius 3 is 3.00 bits per heavy atom. The molecule has 1 aliphatic rings. The van der Waals surface area contributed by atoms with Crippen molar-refractivity contribution in [3.8, 4) is 0 Å². The fraction of sp³-hybridized carbons (Fsp3) is 0.364. The molecule has 0 aromatic heterocycles. The van der Waals surface area contributed by atoms with Crippen LogP contribution in [0.5, 0.6) is 0 Å². The fourth-order valence-electron chi connectivity index (χ4n) is 1.76. The van der Waals surface area contributed by atoms with Crippen LogP contribution in [-0.4, -0.2) is 19.5 Å². The lowest BCUT2D eigenvalue weighted by Gasteiger charge is -2.18. The molecule has 3 nitrogen and oxygen atoms in total. The second-order valence-corrected chi connectivity index (χ2v) is 4.22. The summed E-state index contributed by atoms with van der Waals surface area (Å²) in [7, 11) is 1.78. The maximum Gasteiger partial charge on any atom is 0.231 e. The lowest BCUT2D eigenvalue weighted by atomic mass is 10.1. The summed E-state index contributed by atoms with van der Waals surface area (Å²) in [5.74, 6) is 0.0852. The van der Waals surface area contributed by atoms with E-state index in [0.717, 1.165) is 11.4 Å². The molecule has 1 unspecified atom stereocenters. The third-order valence-electron chi connectivity index (χ3n) is 2.69. The standard InChI is InChI=1S/C11H13ClN2O/c1-7-6-13-10-8(12)4-3-5-9(10)14(2)11(7)15/h3-5,7,13H,6H2,1-2H3. The summed E-state index contributed by atoms with van der Waals surface area (Å²) in [6, 6.07) is 5.56. The molecule has 0 fully saturated rings. The lowest BCUT2D eigenvalue weighted by molar-refractivity contribution is -0.121. The van der Waals surface area contributed by atoms with Gasteiger partial charge >= 0.3 is 0 Å². The number of carbonyl (C=O) groups excluding carboxylic acids is 1. The monoisotopic (exact) mass is 224 g/mol. The van der Waals surface area contributed by atoms with Gasteiger partial charge in [0.2, 0.25) is 5.91 Å². The summed E-state index contributed by atoms with van der Waals surface area (Å²) < 4.78 is 0. The van der Waals surface area contributed by atoms with Crippen molar-refractivity contribution in [3.05, 3.63) is 23.2 Å². The maximum atomic E-state index is 11.9. The van der Waals surface area contributed by atoms with Gasteiger partial charge in [0.25, 0.3) is 0 Å². The zero-order valence-electron chi connectivity index (χ0n) is 8.75. The molecule has 1 atom stereocenters. The number of para-hydroxylation sites is 1. The van der Waals surface area contributed by atoms with Crippen LogP contribution in [0.4, 0.5) is 11.4 Å². The first-order chi connectivity index (χ1) is 7.11. The average molecular weight is 225 g/mol. The molecule has 1 amide bonds. The summed E-state index contributed by atoms with van der Waals surface area (Å²) >= 11 is 6.07. The zero-order chi connectivity index (χ0) is 11.0. The molecular formula is C11H13ClN2O. The minimum absolute atomic E-state index is 0.0292. The van der Waals surface area contributed by atoms with Gasteiger partial charge in [-0.15, -0.1) is 0 Å². The summed E-state index contributed by atoms with van der Waals surface area (Å²) in [5.41, 5.74) is 1.69. The summed E-state index contributed by atoms with van der Waals surface area (Å²) in [6.07, 6.45) is 0. The molecule has 0 saturated heterocycles. The lowest BCUT2D eigenvalue weighted by Crippen LogP contribution is -2.31. The summed E-state index contributed by atoms with van der Waals surface area (Å²) in [4.78, 5) is 13.5. The highest BCUT2D eigenvalue weighted by molar-refractivity contribution is 6.34. The van der Waals surface area contributed by atoms with Gasteiger partial charge in [-0.05, 0) is 12.1 Å². The summed E-state index contributed by atoms with van der Waals surface area (Å²) in [5, 5.41) is 3.86. The van der Waals surface area contributed by atoms with Crippen LogP contribution in [0.25, 0.3) is 0 Å². The van der Waals surface area contributed by atoms with E-state index >= 15 is 0 Å². The molecule has 1 N–H and O–H groups in total. The Morgan fingerprint density at radius 2 is 2.27 bits per heavy atom. The largest absolute Gasteiger partial charge is 0.381 e. The molecule has 80 valence electrons. The molecule has 2 rings (SSSR count). The van der Waals surface area contributed by atoms with E-state index in [1.165, 1.54) is 0 Å². The first-order valence-electron chi connectivity index (χ1n) is 4.91. The summed E-state index contributed by atoms with van der Waals surface area (Å²) in [6.45, 7) is 2.53. The molecular weight excluding hydrogens is 212 g/mol. The molecule has 15 heavy (non-hydrogen) atoms. The smallest absolute Gasteiger partial charge is 0.231 e. The molecule has 4 heteroatoms. The number of anilines is 2. The van der Waals surface area contributed by atoms with E-state index in [1.54, 1.807) is 11.9 Å². The number of benzene rings is 1. The van der Waals surface area contributed by atoms with Crippen molar-refractivity contribution < 1.29 is 4.79 Å². The van der Waals surface area contributed by atoms with Gasteiger partial charge in [-0.25, -0.2) is 0 Å². The van der Waals surface area contributed by atoms with Crippen LogP contribution in [0.2, 0.25) is 5.02 Å². The minimum atomic E-state index is -0.0292. The highest BCUT2D eigenvalue weighted by atomic mass is 35.5. The predicted octanol–water partition coefficient (Wildman–Crippen LogP) is 2.36. The third kappa shape index (κ3) is 1.67. The van der Waals surface area contributed by atoms with E-state index in [-0.39, 0.29) is 11.8 Å². The van der Waals surface area contributed by atoms with E-state index in [1.807, 2.05) is 25.1 Å². The second-order valence-electron chi connectivity index (χ2n) is 3.81. The third-order valence-corrected chi connectivity index (χ3v) is 3.01. The Labute approximate surface area is 94.0 Å². The van der Waals surface area contributed by atoms with Crippen molar-refractivity contribution in [1.82, 2.24) is 0 Å². The van der Waals surface area contributed by atoms with E-state index in [9.17, 15) is 4.79 Å². The van der Waals surface area contributed by atoms with Crippen LogP contribution in [0.15, 0.2) is 18.2 Å². The van der Waals surface area contributed by atoms with Crippen molar-refractivity contribution in [2.75, 3.05) is 23.8 Å². The molecule has 1 aromatic rings. The van der Waals surface area contributed by atoms with Gasteiger partial charge in [0, 0.05) is 13.6 Å². The number of nitrogens with zero attached hydrogens (tertiary/aromatic N) is 1. The highest BCUT2D eigenvalue weighted by Gasteiger charge is 2.25. The first kappa shape index (κ1) is 10.3. The number of nitrogens with one attached hydrogen (secondary N) is 1. The maximum absolute atomic E-state index is 11.9. The van der Waals surface area contributed by atoms with Gasteiger partial charge in [0.15, 0.2) is 0 Å². The van der Waals surface area contributed by atoms with Crippen molar-refractivity contribution in [1.29, 1.82) is 0 Å². The fourth-order valence-corrected chi connectivity index (χ4v) is 2.00. The van der Waals surface area contributed by atoms with Gasteiger partial charge < -0.3 is 10.2 Å². The average Bonchev–Trinajstić information content (AvgIpc) is 2.33. The molecule has 1 aliphatic heterocycles. The quantitative estimate of drug-likeness (QED) is 0.734. The second kappa shape index (κ2) is 3.74. The first-order valence-corrected chi connectivity index (χ1v) is 5.29. The normalized spacial score (nSPS) is 20.6. The predicted molar refractivity (Wildman–Crippen MR) is 62.5 cm³/mol. The Balaban J connectivity index is 2.52. The number of fused-ring (bicyclic) bond motifs is 1. The van der Waals surface area contributed by atoms with Crippen molar-refractivity contribution in [2.45, 2.75) is 6.92 Å². The van der Waals surface area contributed by atoms with Crippen LogP contribution in [0, 0.1) is 5.92 Å². The van der Waals surface area contributed by atoms with Gasteiger partial charge in [-0.2, -0.15) is 0 Å². The van der Waals surface area contributed by atoms with E-state index in [0.29, 0.717) is 11.6 Å². The minimum Gasteiger partial charge on any atom is -0.381 e. The van der Waals surface area contributed by atoms with E-state index in [4.69, 9.17) is 11.6 Å². The molecule has 0 aliphatic carbocycles. The molecule has 0 bridgehead atoms. The van der Waals surface area contributed by atoms with Crippen molar-refractivity contribution in [3.63, 3.8) is 0 Å².